The van der Waals surface area contributed by atoms with E-state index in [1.165, 1.54) is 24.4 Å². The topological polar surface area (TPSA) is 100 Å². The third-order valence-corrected chi connectivity index (χ3v) is 2.56. The number of hydrogen-bond acceptors (Lipinski definition) is 5. The van der Waals surface area contributed by atoms with Gasteiger partial charge in [0.2, 0.25) is 0 Å². The average molecular weight is 267 g/mol. The van der Waals surface area contributed by atoms with Gasteiger partial charge in [0.1, 0.15) is 6.07 Å². The van der Waals surface area contributed by atoms with Gasteiger partial charge in [0, 0.05) is 12.3 Å². The van der Waals surface area contributed by atoms with Gasteiger partial charge in [-0.25, -0.2) is 0 Å². The van der Waals surface area contributed by atoms with Gasteiger partial charge in [-0.05, 0) is 35.9 Å². The number of hydrogen-bond donors (Lipinski definition) is 1. The summed E-state index contributed by atoms with van der Waals surface area (Å²) in [6, 6.07) is 9.36. The molecule has 2 rings (SSSR count). The lowest BCUT2D eigenvalue weighted by Gasteiger charge is -1.98. The second-order valence-electron chi connectivity index (χ2n) is 3.92. The van der Waals surface area contributed by atoms with Gasteiger partial charge < -0.3 is 5.11 Å². The fourth-order valence-corrected chi connectivity index (χ4v) is 1.55. The number of nitriles is 1. The molecule has 0 spiro atoms. The summed E-state index contributed by atoms with van der Waals surface area (Å²) in [6.45, 7) is 0. The number of nitro groups is 1. The Labute approximate surface area is 114 Å². The largest absolute Gasteiger partial charge is 0.502 e. The molecule has 0 amide bonds. The number of pyridine rings is 1. The van der Waals surface area contributed by atoms with Gasteiger partial charge in [-0.1, -0.05) is 6.08 Å². The molecule has 98 valence electrons. The number of aromatic hydroxyl groups is 1. The highest BCUT2D eigenvalue weighted by Gasteiger charge is 2.11. The van der Waals surface area contributed by atoms with Crippen LogP contribution < -0.4 is 0 Å². The third-order valence-electron chi connectivity index (χ3n) is 2.56. The molecule has 0 atom stereocenters. The van der Waals surface area contributed by atoms with E-state index in [9.17, 15) is 15.2 Å². The lowest BCUT2D eigenvalue weighted by Crippen LogP contribution is -1.88. The lowest BCUT2D eigenvalue weighted by atomic mass is 10.1. The maximum absolute atomic E-state index is 10.6. The monoisotopic (exact) mass is 267 g/mol. The molecule has 1 heterocycles. The second-order valence-corrected chi connectivity index (χ2v) is 3.92. The summed E-state index contributed by atoms with van der Waals surface area (Å²) in [5, 5.41) is 28.7. The molecule has 6 nitrogen and oxygen atoms in total. The summed E-state index contributed by atoms with van der Waals surface area (Å²) in [7, 11) is 0. The van der Waals surface area contributed by atoms with Crippen molar-refractivity contribution < 1.29 is 10.0 Å². The number of benzene rings is 1. The first-order chi connectivity index (χ1) is 9.60. The Kier molecular flexibility index (Phi) is 3.72. The number of nitro benzene ring substituents is 1. The Morgan fingerprint density at radius 1 is 1.30 bits per heavy atom. The van der Waals surface area contributed by atoms with Gasteiger partial charge in [0.05, 0.1) is 16.2 Å². The summed E-state index contributed by atoms with van der Waals surface area (Å²) >= 11 is 0. The van der Waals surface area contributed by atoms with Crippen molar-refractivity contribution in [2.24, 2.45) is 0 Å². The highest BCUT2D eigenvalue weighted by molar-refractivity contribution is 5.70. The number of phenols is 1. The molecule has 1 N–H and O–H groups in total. The van der Waals surface area contributed by atoms with Crippen molar-refractivity contribution in [2.75, 3.05) is 0 Å². The summed E-state index contributed by atoms with van der Waals surface area (Å²) in [5.41, 5.74) is 1.38. The third kappa shape index (κ3) is 2.97. The normalized spacial score (nSPS) is 10.3. The van der Waals surface area contributed by atoms with Crippen molar-refractivity contribution in [3.05, 3.63) is 63.5 Å². The minimum atomic E-state index is -0.648. The molecule has 0 fully saturated rings. The first-order valence-corrected chi connectivity index (χ1v) is 5.62. The molecule has 20 heavy (non-hydrogen) atoms. The molecular weight excluding hydrogens is 258 g/mol. The minimum absolute atomic E-state index is 0.335. The Hall–Kier alpha value is -3.20. The summed E-state index contributed by atoms with van der Waals surface area (Å²) in [4.78, 5) is 14.0. The van der Waals surface area contributed by atoms with E-state index < -0.39 is 4.92 Å². The van der Waals surface area contributed by atoms with Crippen LogP contribution in [0.5, 0.6) is 5.75 Å². The van der Waals surface area contributed by atoms with Crippen LogP contribution in [-0.2, 0) is 0 Å². The summed E-state index contributed by atoms with van der Waals surface area (Å²) < 4.78 is 0. The van der Waals surface area contributed by atoms with Crippen LogP contribution in [0, 0.1) is 21.4 Å². The van der Waals surface area contributed by atoms with Gasteiger partial charge in [-0.15, -0.1) is 0 Å². The van der Waals surface area contributed by atoms with Crippen LogP contribution in [0.25, 0.3) is 12.2 Å². The Bertz CT molecular complexity index is 715. The Balaban J connectivity index is 2.21. The van der Waals surface area contributed by atoms with E-state index in [0.29, 0.717) is 16.8 Å². The zero-order valence-electron chi connectivity index (χ0n) is 10.2. The maximum Gasteiger partial charge on any atom is 0.310 e. The Morgan fingerprint density at radius 2 is 2.10 bits per heavy atom. The van der Waals surface area contributed by atoms with E-state index in [-0.39, 0.29) is 11.4 Å². The van der Waals surface area contributed by atoms with Gasteiger partial charge in [0.15, 0.2) is 5.75 Å². The van der Waals surface area contributed by atoms with Crippen LogP contribution in [0.15, 0.2) is 36.5 Å². The standard InChI is InChI=1S/C14H9N3O3/c15-8-11-2-5-12(16-9-11)4-1-10-3-6-13(17(19)20)14(18)7-10/h1-7,9,18H. The summed E-state index contributed by atoms with van der Waals surface area (Å²) in [6.07, 6.45) is 4.80. The van der Waals surface area contributed by atoms with Crippen molar-refractivity contribution in [3.63, 3.8) is 0 Å². The van der Waals surface area contributed by atoms with Crippen LogP contribution in [0.4, 0.5) is 5.69 Å². The highest BCUT2D eigenvalue weighted by Crippen LogP contribution is 2.26. The quantitative estimate of drug-likeness (QED) is 0.680. The van der Waals surface area contributed by atoms with E-state index in [1.807, 2.05) is 6.07 Å². The van der Waals surface area contributed by atoms with Crippen molar-refractivity contribution >= 4 is 17.8 Å². The molecular formula is C14H9N3O3. The molecule has 1 aromatic heterocycles. The lowest BCUT2D eigenvalue weighted by molar-refractivity contribution is -0.385. The van der Waals surface area contributed by atoms with E-state index in [1.54, 1.807) is 24.3 Å². The second kappa shape index (κ2) is 5.63. The zero-order valence-corrected chi connectivity index (χ0v) is 10.2. The van der Waals surface area contributed by atoms with E-state index in [2.05, 4.69) is 4.98 Å². The van der Waals surface area contributed by atoms with Crippen molar-refractivity contribution in [2.45, 2.75) is 0 Å². The Morgan fingerprint density at radius 3 is 2.65 bits per heavy atom. The molecule has 0 unspecified atom stereocenters. The first-order valence-electron chi connectivity index (χ1n) is 5.62. The SMILES string of the molecule is N#Cc1ccc(C=Cc2ccc([N+](=O)[O-])c(O)c2)nc1. The molecule has 0 aliphatic heterocycles. The van der Waals surface area contributed by atoms with Gasteiger partial charge in [-0.2, -0.15) is 5.26 Å². The predicted octanol–water partition coefficient (Wildman–Crippen LogP) is 2.74. The molecule has 0 saturated carbocycles. The average Bonchev–Trinajstić information content (AvgIpc) is 2.45. The van der Waals surface area contributed by atoms with E-state index in [0.717, 1.165) is 0 Å². The summed E-state index contributed by atoms with van der Waals surface area (Å²) in [5.74, 6) is -0.384. The molecule has 0 radical (unpaired) electrons. The maximum atomic E-state index is 10.6. The number of nitrogens with zero attached hydrogens (tertiary/aromatic N) is 3. The van der Waals surface area contributed by atoms with Crippen LogP contribution in [-0.4, -0.2) is 15.0 Å². The van der Waals surface area contributed by atoms with Crippen molar-refractivity contribution in [3.8, 4) is 11.8 Å². The van der Waals surface area contributed by atoms with Crippen LogP contribution in [0.3, 0.4) is 0 Å². The van der Waals surface area contributed by atoms with Crippen LogP contribution >= 0.6 is 0 Å². The van der Waals surface area contributed by atoms with Crippen molar-refractivity contribution in [1.29, 1.82) is 5.26 Å². The van der Waals surface area contributed by atoms with E-state index in [4.69, 9.17) is 5.26 Å². The highest BCUT2D eigenvalue weighted by atomic mass is 16.6. The molecule has 0 saturated heterocycles. The predicted molar refractivity (Wildman–Crippen MR) is 72.6 cm³/mol. The molecule has 0 aliphatic rings. The van der Waals surface area contributed by atoms with Crippen LogP contribution in [0.2, 0.25) is 0 Å². The zero-order chi connectivity index (χ0) is 14.5. The van der Waals surface area contributed by atoms with Crippen LogP contribution in [0.1, 0.15) is 16.8 Å². The van der Waals surface area contributed by atoms with E-state index >= 15 is 0 Å². The molecule has 0 aliphatic carbocycles. The fraction of sp³-hybridized carbons (Fsp3) is 0. The van der Waals surface area contributed by atoms with Gasteiger partial charge >= 0.3 is 5.69 Å². The number of aromatic nitrogens is 1. The van der Waals surface area contributed by atoms with Gasteiger partial charge in [-0.3, -0.25) is 15.1 Å². The first kappa shape index (κ1) is 13.2. The molecule has 1 aromatic carbocycles. The molecule has 6 heteroatoms. The number of phenolic OH excluding ortho intramolecular Hbond substituents is 1. The smallest absolute Gasteiger partial charge is 0.310 e. The number of rotatable bonds is 3. The molecule has 2 aromatic rings. The van der Waals surface area contributed by atoms with Crippen molar-refractivity contribution in [1.82, 2.24) is 4.98 Å². The minimum Gasteiger partial charge on any atom is -0.502 e. The molecule has 0 bridgehead atoms. The fourth-order valence-electron chi connectivity index (χ4n) is 1.55. The van der Waals surface area contributed by atoms with Gasteiger partial charge in [0.25, 0.3) is 0 Å².